The van der Waals surface area contributed by atoms with Gasteiger partial charge in [0, 0.05) is 6.07 Å². The Morgan fingerprint density at radius 1 is 1.57 bits per heavy atom. The van der Waals surface area contributed by atoms with Gasteiger partial charge in [-0.2, -0.15) is 0 Å². The third-order valence-corrected chi connectivity index (χ3v) is 3.44. The standard InChI is InChI=1S/C14H19F2N3O2/c1-14(6-3-7-18-14)13(20)17-8-10-4-2-5-12(19-10)21-9-11(15)16/h2,4-5,11,18H,3,6-9H2,1H3,(H,17,20)/t14-/m0/s1. The SMILES string of the molecule is C[C@@]1(C(=O)NCc2cccc(OCC(F)F)n2)CCCN1. The molecule has 1 aromatic heterocycles. The number of carbonyl (C=O) groups is 1. The first-order valence-corrected chi connectivity index (χ1v) is 6.90. The summed E-state index contributed by atoms with van der Waals surface area (Å²) >= 11 is 0. The molecule has 1 amide bonds. The Hall–Kier alpha value is -1.76. The first-order valence-electron chi connectivity index (χ1n) is 6.90. The Balaban J connectivity index is 1.88. The maximum atomic E-state index is 12.1. The molecule has 0 aromatic carbocycles. The quantitative estimate of drug-likeness (QED) is 0.835. The molecule has 2 heterocycles. The summed E-state index contributed by atoms with van der Waals surface area (Å²) in [6, 6.07) is 4.87. The predicted octanol–water partition coefficient (Wildman–Crippen LogP) is 1.48. The minimum absolute atomic E-state index is 0.0827. The molecule has 21 heavy (non-hydrogen) atoms. The van der Waals surface area contributed by atoms with Gasteiger partial charge in [0.1, 0.15) is 0 Å². The number of nitrogens with one attached hydrogen (secondary N) is 2. The summed E-state index contributed by atoms with van der Waals surface area (Å²) in [5.74, 6) is 0.0490. The monoisotopic (exact) mass is 299 g/mol. The van der Waals surface area contributed by atoms with Gasteiger partial charge in [-0.25, -0.2) is 13.8 Å². The molecule has 0 radical (unpaired) electrons. The number of alkyl halides is 2. The van der Waals surface area contributed by atoms with Gasteiger partial charge in [0.2, 0.25) is 11.8 Å². The largest absolute Gasteiger partial charge is 0.472 e. The fraction of sp³-hybridized carbons (Fsp3) is 0.571. The summed E-state index contributed by atoms with van der Waals surface area (Å²) in [5, 5.41) is 5.98. The van der Waals surface area contributed by atoms with Gasteiger partial charge in [0.25, 0.3) is 6.43 Å². The fourth-order valence-electron chi connectivity index (χ4n) is 2.24. The highest BCUT2D eigenvalue weighted by Crippen LogP contribution is 2.18. The molecule has 2 rings (SSSR count). The fourth-order valence-corrected chi connectivity index (χ4v) is 2.24. The van der Waals surface area contributed by atoms with Crippen LogP contribution in [0, 0.1) is 0 Å². The molecule has 7 heteroatoms. The van der Waals surface area contributed by atoms with Crippen molar-refractivity contribution in [1.29, 1.82) is 0 Å². The van der Waals surface area contributed by atoms with Crippen LogP contribution in [0.15, 0.2) is 18.2 Å². The number of aromatic nitrogens is 1. The zero-order valence-corrected chi connectivity index (χ0v) is 11.9. The summed E-state index contributed by atoms with van der Waals surface area (Å²) in [5.41, 5.74) is 0.0285. The van der Waals surface area contributed by atoms with Crippen LogP contribution in [0.1, 0.15) is 25.5 Å². The van der Waals surface area contributed by atoms with E-state index in [9.17, 15) is 13.6 Å². The van der Waals surface area contributed by atoms with Gasteiger partial charge in [0.05, 0.1) is 17.8 Å². The van der Waals surface area contributed by atoms with E-state index < -0.39 is 18.6 Å². The van der Waals surface area contributed by atoms with E-state index in [2.05, 4.69) is 15.6 Å². The molecule has 0 saturated carbocycles. The number of ether oxygens (including phenoxy) is 1. The summed E-state index contributed by atoms with van der Waals surface area (Å²) < 4.78 is 29.0. The van der Waals surface area contributed by atoms with Crippen molar-refractivity contribution in [3.63, 3.8) is 0 Å². The van der Waals surface area contributed by atoms with Gasteiger partial charge in [-0.15, -0.1) is 0 Å². The number of halogens is 2. The van der Waals surface area contributed by atoms with Crippen molar-refractivity contribution >= 4 is 5.91 Å². The van der Waals surface area contributed by atoms with Crippen LogP contribution in [0.25, 0.3) is 0 Å². The molecule has 0 unspecified atom stereocenters. The third-order valence-electron chi connectivity index (χ3n) is 3.44. The average Bonchev–Trinajstić information content (AvgIpc) is 2.91. The number of hydrogen-bond donors (Lipinski definition) is 2. The van der Waals surface area contributed by atoms with Gasteiger partial charge in [-0.05, 0) is 32.4 Å². The normalized spacial score (nSPS) is 21.5. The van der Waals surface area contributed by atoms with Gasteiger partial charge in [0.15, 0.2) is 6.61 Å². The van der Waals surface area contributed by atoms with Crippen LogP contribution in [-0.4, -0.2) is 36.0 Å². The van der Waals surface area contributed by atoms with Gasteiger partial charge >= 0.3 is 0 Å². The summed E-state index contributed by atoms with van der Waals surface area (Å²) in [7, 11) is 0. The Labute approximate surface area is 122 Å². The Kier molecular flexibility index (Phi) is 5.06. The molecule has 1 saturated heterocycles. The number of nitrogens with zero attached hydrogens (tertiary/aromatic N) is 1. The predicted molar refractivity (Wildman–Crippen MR) is 73.2 cm³/mol. The third kappa shape index (κ3) is 4.35. The van der Waals surface area contributed by atoms with E-state index in [1.807, 2.05) is 6.92 Å². The van der Waals surface area contributed by atoms with Crippen LogP contribution in [0.5, 0.6) is 5.88 Å². The molecule has 1 aliphatic rings. The molecule has 1 aliphatic heterocycles. The molecule has 5 nitrogen and oxygen atoms in total. The minimum atomic E-state index is -2.54. The first-order chi connectivity index (χ1) is 9.99. The Bertz CT molecular complexity index is 491. The molecular formula is C14H19F2N3O2. The van der Waals surface area contributed by atoms with Crippen molar-refractivity contribution in [2.24, 2.45) is 0 Å². The average molecular weight is 299 g/mol. The molecule has 0 aliphatic carbocycles. The highest BCUT2D eigenvalue weighted by molar-refractivity contribution is 5.86. The summed E-state index contributed by atoms with van der Waals surface area (Å²) in [6.45, 7) is 2.25. The zero-order chi connectivity index (χ0) is 15.3. The van der Waals surface area contributed by atoms with E-state index in [1.54, 1.807) is 12.1 Å². The van der Waals surface area contributed by atoms with Crippen LogP contribution in [0.2, 0.25) is 0 Å². The molecule has 0 bridgehead atoms. The lowest BCUT2D eigenvalue weighted by Gasteiger charge is -2.22. The van der Waals surface area contributed by atoms with E-state index in [-0.39, 0.29) is 18.3 Å². The van der Waals surface area contributed by atoms with Crippen molar-refractivity contribution in [3.05, 3.63) is 23.9 Å². The molecule has 2 N–H and O–H groups in total. The Morgan fingerprint density at radius 2 is 2.38 bits per heavy atom. The van der Waals surface area contributed by atoms with Crippen LogP contribution in [0.3, 0.4) is 0 Å². The van der Waals surface area contributed by atoms with E-state index in [1.165, 1.54) is 6.07 Å². The van der Waals surface area contributed by atoms with Crippen molar-refractivity contribution in [2.45, 2.75) is 38.3 Å². The molecule has 1 atom stereocenters. The lowest BCUT2D eigenvalue weighted by molar-refractivity contribution is -0.126. The molecule has 116 valence electrons. The summed E-state index contributed by atoms with van der Waals surface area (Å²) in [4.78, 5) is 16.2. The van der Waals surface area contributed by atoms with Gasteiger partial charge < -0.3 is 15.4 Å². The van der Waals surface area contributed by atoms with Crippen molar-refractivity contribution in [1.82, 2.24) is 15.6 Å². The van der Waals surface area contributed by atoms with Crippen molar-refractivity contribution in [2.75, 3.05) is 13.2 Å². The molecule has 0 spiro atoms. The smallest absolute Gasteiger partial charge is 0.272 e. The second-order valence-electron chi connectivity index (χ2n) is 5.21. The van der Waals surface area contributed by atoms with Gasteiger partial charge in [-0.3, -0.25) is 4.79 Å². The maximum absolute atomic E-state index is 12.1. The van der Waals surface area contributed by atoms with Gasteiger partial charge in [-0.1, -0.05) is 6.07 Å². The van der Waals surface area contributed by atoms with E-state index in [0.717, 1.165) is 19.4 Å². The molecule has 1 fully saturated rings. The van der Waals surface area contributed by atoms with Crippen LogP contribution in [-0.2, 0) is 11.3 Å². The summed E-state index contributed by atoms with van der Waals surface area (Å²) in [6.07, 6.45) is -0.772. The van der Waals surface area contributed by atoms with Crippen LogP contribution in [0.4, 0.5) is 8.78 Å². The molecule has 1 aromatic rings. The van der Waals surface area contributed by atoms with Crippen LogP contribution >= 0.6 is 0 Å². The highest BCUT2D eigenvalue weighted by atomic mass is 19.3. The van der Waals surface area contributed by atoms with E-state index in [0.29, 0.717) is 5.69 Å². The van der Waals surface area contributed by atoms with Crippen molar-refractivity contribution in [3.8, 4) is 5.88 Å². The van der Waals surface area contributed by atoms with Crippen LogP contribution < -0.4 is 15.4 Å². The minimum Gasteiger partial charge on any atom is -0.472 e. The van der Waals surface area contributed by atoms with Crippen molar-refractivity contribution < 1.29 is 18.3 Å². The second kappa shape index (κ2) is 6.80. The van der Waals surface area contributed by atoms with E-state index >= 15 is 0 Å². The van der Waals surface area contributed by atoms with E-state index in [4.69, 9.17) is 4.74 Å². The number of rotatable bonds is 6. The number of hydrogen-bond acceptors (Lipinski definition) is 4. The number of pyridine rings is 1. The maximum Gasteiger partial charge on any atom is 0.272 e. The topological polar surface area (TPSA) is 63.2 Å². The second-order valence-corrected chi connectivity index (χ2v) is 5.21. The first kappa shape index (κ1) is 15.6. The number of carbonyl (C=O) groups excluding carboxylic acids is 1. The lowest BCUT2D eigenvalue weighted by Crippen LogP contribution is -2.50. The Morgan fingerprint density at radius 3 is 3.05 bits per heavy atom. The number of amides is 1. The highest BCUT2D eigenvalue weighted by Gasteiger charge is 2.35. The lowest BCUT2D eigenvalue weighted by atomic mass is 9.99. The molecular weight excluding hydrogens is 280 g/mol. The zero-order valence-electron chi connectivity index (χ0n) is 11.9.